The number of hydrogen-bond acceptors (Lipinski definition) is 4. The number of allylic oxidation sites excluding steroid dienone is 5. The van der Waals surface area contributed by atoms with Gasteiger partial charge in [0.1, 0.15) is 12.4 Å². The van der Waals surface area contributed by atoms with E-state index in [-0.39, 0.29) is 18.2 Å². The van der Waals surface area contributed by atoms with Crippen LogP contribution in [0.25, 0.3) is 17.0 Å². The zero-order valence-corrected chi connectivity index (χ0v) is 17.2. The Bertz CT molecular complexity index is 1000. The Morgan fingerprint density at radius 3 is 2.66 bits per heavy atom. The van der Waals surface area contributed by atoms with Crippen LogP contribution in [0.4, 0.5) is 5.69 Å². The minimum atomic E-state index is -0.631. The van der Waals surface area contributed by atoms with E-state index < -0.39 is 5.91 Å². The van der Waals surface area contributed by atoms with Crippen LogP contribution < -0.4 is 15.8 Å². The molecule has 29 heavy (non-hydrogen) atoms. The van der Waals surface area contributed by atoms with Gasteiger partial charge in [-0.2, -0.15) is 5.10 Å². The average Bonchev–Trinajstić information content (AvgIpc) is 3.09. The molecule has 7 heteroatoms. The molecule has 0 spiro atoms. The van der Waals surface area contributed by atoms with E-state index in [1.54, 1.807) is 35.0 Å². The lowest BCUT2D eigenvalue weighted by Gasteiger charge is -2.21. The van der Waals surface area contributed by atoms with Crippen LogP contribution in [0, 0.1) is 0 Å². The van der Waals surface area contributed by atoms with E-state index in [0.717, 1.165) is 0 Å². The summed E-state index contributed by atoms with van der Waals surface area (Å²) in [5.74, 6) is -0.180. The van der Waals surface area contributed by atoms with Crippen molar-refractivity contribution in [2.45, 2.75) is 34.3 Å². The van der Waals surface area contributed by atoms with Gasteiger partial charge >= 0.3 is 0 Å². The van der Waals surface area contributed by atoms with Gasteiger partial charge in [0.15, 0.2) is 5.69 Å². The van der Waals surface area contributed by atoms with Gasteiger partial charge in [0, 0.05) is 23.7 Å². The van der Waals surface area contributed by atoms with Crippen molar-refractivity contribution in [3.05, 3.63) is 60.3 Å². The summed E-state index contributed by atoms with van der Waals surface area (Å²) in [4.78, 5) is 23.3. The van der Waals surface area contributed by atoms with Crippen molar-refractivity contribution in [1.29, 1.82) is 0 Å². The molecule has 2 heterocycles. The molecule has 1 aromatic heterocycles. The van der Waals surface area contributed by atoms with E-state index in [9.17, 15) is 9.59 Å². The number of fused-ring (bicyclic) bond motifs is 3. The quantitative estimate of drug-likeness (QED) is 0.745. The van der Waals surface area contributed by atoms with Crippen LogP contribution in [0.3, 0.4) is 0 Å². The second kappa shape index (κ2) is 9.54. The third-order valence-electron chi connectivity index (χ3n) is 4.01. The molecule has 0 atom stereocenters. The minimum absolute atomic E-state index is 0.153. The maximum absolute atomic E-state index is 11.9. The van der Waals surface area contributed by atoms with Crippen LogP contribution in [0.15, 0.2) is 49.1 Å². The topological polar surface area (TPSA) is 99.2 Å². The molecule has 0 saturated heterocycles. The number of carbonyl (C=O) groups excluding carboxylic acids is 2. The summed E-state index contributed by atoms with van der Waals surface area (Å²) >= 11 is 0. The molecular formula is C22H26N4O3. The molecular weight excluding hydrogens is 368 g/mol. The highest BCUT2D eigenvalue weighted by atomic mass is 16.5. The number of nitrogens with two attached hydrogens (primary N) is 1. The summed E-state index contributed by atoms with van der Waals surface area (Å²) in [5.41, 5.74) is 9.03. The number of anilines is 1. The number of rotatable bonds is 5. The van der Waals surface area contributed by atoms with Gasteiger partial charge in [-0.3, -0.25) is 9.59 Å². The number of benzene rings is 1. The van der Waals surface area contributed by atoms with Crippen molar-refractivity contribution >= 4 is 23.2 Å². The first-order valence-corrected chi connectivity index (χ1v) is 9.38. The van der Waals surface area contributed by atoms with Gasteiger partial charge in [0.05, 0.1) is 11.4 Å². The van der Waals surface area contributed by atoms with Crippen LogP contribution in [0.2, 0.25) is 0 Å². The van der Waals surface area contributed by atoms with Crippen molar-refractivity contribution in [2.75, 3.05) is 5.32 Å². The van der Waals surface area contributed by atoms with Crippen LogP contribution in [-0.4, -0.2) is 21.6 Å². The van der Waals surface area contributed by atoms with E-state index in [2.05, 4.69) is 17.0 Å². The van der Waals surface area contributed by atoms with E-state index >= 15 is 0 Å². The van der Waals surface area contributed by atoms with Crippen LogP contribution in [0.5, 0.6) is 5.75 Å². The van der Waals surface area contributed by atoms with Crippen molar-refractivity contribution in [2.24, 2.45) is 5.73 Å². The van der Waals surface area contributed by atoms with Gasteiger partial charge in [0.2, 0.25) is 5.91 Å². The van der Waals surface area contributed by atoms with Gasteiger partial charge in [-0.05, 0) is 37.3 Å². The number of carbonyl (C=O) groups is 2. The Hall–Kier alpha value is -3.61. The first-order valence-electron chi connectivity index (χ1n) is 9.38. The molecule has 2 aromatic rings. The number of primary amides is 1. The van der Waals surface area contributed by atoms with E-state index in [1.165, 1.54) is 6.92 Å². The second-order valence-corrected chi connectivity index (χ2v) is 5.96. The molecule has 1 aromatic carbocycles. The summed E-state index contributed by atoms with van der Waals surface area (Å²) in [5, 5.41) is 7.18. The lowest BCUT2D eigenvalue weighted by Crippen LogP contribution is -2.16. The van der Waals surface area contributed by atoms with E-state index in [1.807, 2.05) is 32.9 Å². The summed E-state index contributed by atoms with van der Waals surface area (Å²) in [6.45, 7) is 11.2. The molecule has 0 unspecified atom stereocenters. The van der Waals surface area contributed by atoms with Gasteiger partial charge in [0.25, 0.3) is 5.91 Å². The maximum atomic E-state index is 11.9. The van der Waals surface area contributed by atoms with Crippen LogP contribution in [-0.2, 0) is 11.4 Å². The molecule has 0 aliphatic carbocycles. The lowest BCUT2D eigenvalue weighted by molar-refractivity contribution is -0.114. The van der Waals surface area contributed by atoms with Crippen LogP contribution >= 0.6 is 0 Å². The molecule has 152 valence electrons. The summed E-state index contributed by atoms with van der Waals surface area (Å²) in [6.07, 6.45) is 7.14. The summed E-state index contributed by atoms with van der Waals surface area (Å²) < 4.78 is 7.43. The number of amides is 2. The van der Waals surface area contributed by atoms with Crippen LogP contribution in [0.1, 0.15) is 43.7 Å². The van der Waals surface area contributed by atoms with Crippen molar-refractivity contribution in [1.82, 2.24) is 9.78 Å². The smallest absolute Gasteiger partial charge is 0.269 e. The number of aromatic nitrogens is 2. The number of nitrogens with zero attached hydrogens (tertiary/aromatic N) is 2. The normalized spacial score (nSPS) is 12.2. The molecule has 1 aliphatic rings. The molecule has 2 amide bonds. The maximum Gasteiger partial charge on any atom is 0.269 e. The Balaban J connectivity index is 0.00000145. The standard InChI is InChI=1S/C20H20N4O3.C2H6/c1-4-6-14(7-5-2)24-19-15-10-13(22-12(3)25)8-9-17(15)27-11-16(19)18(23-24)20(21)26;1-2/h4-10H,1,11H2,2-3H3,(H2,21,26)(H,22,25);1-2H3/b7-5-,14-6+;. The molecule has 7 nitrogen and oxygen atoms in total. The summed E-state index contributed by atoms with van der Waals surface area (Å²) in [7, 11) is 0. The molecule has 3 rings (SSSR count). The number of hydrogen-bond donors (Lipinski definition) is 2. The Kier molecular flexibility index (Phi) is 7.14. The third kappa shape index (κ3) is 4.45. The highest BCUT2D eigenvalue weighted by molar-refractivity contribution is 5.96. The molecule has 0 fully saturated rings. The monoisotopic (exact) mass is 394 g/mol. The third-order valence-corrected chi connectivity index (χ3v) is 4.01. The summed E-state index contributed by atoms with van der Waals surface area (Å²) in [6, 6.07) is 5.32. The highest BCUT2D eigenvalue weighted by Crippen LogP contribution is 2.41. The van der Waals surface area contributed by atoms with Crippen molar-refractivity contribution in [3.63, 3.8) is 0 Å². The second-order valence-electron chi connectivity index (χ2n) is 5.96. The predicted molar refractivity (Wildman–Crippen MR) is 115 cm³/mol. The fourth-order valence-corrected chi connectivity index (χ4v) is 3.01. The predicted octanol–water partition coefficient (Wildman–Crippen LogP) is 4.13. The fourth-order valence-electron chi connectivity index (χ4n) is 3.01. The zero-order valence-electron chi connectivity index (χ0n) is 17.2. The van der Waals surface area contributed by atoms with Gasteiger partial charge < -0.3 is 15.8 Å². The van der Waals surface area contributed by atoms with Crippen molar-refractivity contribution in [3.8, 4) is 17.0 Å². The largest absolute Gasteiger partial charge is 0.488 e. The zero-order chi connectivity index (χ0) is 21.6. The molecule has 0 saturated carbocycles. The number of ether oxygens (including phenoxy) is 1. The Labute approximate surface area is 170 Å². The van der Waals surface area contributed by atoms with Gasteiger partial charge in [-0.1, -0.05) is 32.6 Å². The first-order chi connectivity index (χ1) is 14.0. The highest BCUT2D eigenvalue weighted by Gasteiger charge is 2.29. The number of nitrogens with one attached hydrogen (secondary N) is 1. The van der Waals surface area contributed by atoms with E-state index in [4.69, 9.17) is 10.5 Å². The molecule has 0 bridgehead atoms. The fraction of sp³-hybridized carbons (Fsp3) is 0.227. The molecule has 1 aliphatic heterocycles. The van der Waals surface area contributed by atoms with Gasteiger partial charge in [-0.15, -0.1) is 0 Å². The Morgan fingerprint density at radius 2 is 2.07 bits per heavy atom. The SMILES string of the molecule is C=C/C=C(\C=C/C)n1nc(C(N)=O)c2c1-c1cc(NC(C)=O)ccc1OC2.CC. The Morgan fingerprint density at radius 1 is 1.34 bits per heavy atom. The van der Waals surface area contributed by atoms with Crippen molar-refractivity contribution < 1.29 is 14.3 Å². The average molecular weight is 394 g/mol. The van der Waals surface area contributed by atoms with Gasteiger partial charge in [-0.25, -0.2) is 4.68 Å². The first kappa shape index (κ1) is 21.7. The molecule has 3 N–H and O–H groups in total. The molecule has 0 radical (unpaired) electrons. The van der Waals surface area contributed by atoms with E-state index in [0.29, 0.717) is 34.0 Å². The lowest BCUT2D eigenvalue weighted by atomic mass is 10.0. The minimum Gasteiger partial charge on any atom is -0.488 e.